The molecule has 1 aromatic heterocycles. The van der Waals surface area contributed by atoms with E-state index < -0.39 is 11.4 Å². The molecule has 4 nitrogen and oxygen atoms in total. The Balaban J connectivity index is 1.89. The highest BCUT2D eigenvalue weighted by Gasteiger charge is 2.39. The fourth-order valence-electron chi connectivity index (χ4n) is 2.63. The fourth-order valence-corrected chi connectivity index (χ4v) is 4.11. The topological polar surface area (TPSA) is 66.4 Å². The third kappa shape index (κ3) is 3.82. The first-order valence-corrected chi connectivity index (χ1v) is 8.37. The van der Waals surface area contributed by atoms with Crippen LogP contribution in [0.2, 0.25) is 0 Å². The number of carboxylic acid groups (broad SMARTS) is 1. The van der Waals surface area contributed by atoms with Crippen LogP contribution < -0.4 is 5.32 Å². The predicted molar refractivity (Wildman–Crippen MR) is 81.9 cm³/mol. The molecule has 2 rings (SSSR count). The molecular formula is C14H18BrNO3S. The minimum Gasteiger partial charge on any atom is -0.481 e. The first-order chi connectivity index (χ1) is 9.52. The number of aliphatic carboxylic acids is 1. The van der Waals surface area contributed by atoms with E-state index in [0.717, 1.165) is 27.9 Å². The summed E-state index contributed by atoms with van der Waals surface area (Å²) in [6, 6.07) is 3.81. The van der Waals surface area contributed by atoms with Crippen molar-refractivity contribution in [1.82, 2.24) is 5.32 Å². The Kier molecular flexibility index (Phi) is 5.21. The maximum absolute atomic E-state index is 11.9. The van der Waals surface area contributed by atoms with Crippen LogP contribution in [0.1, 0.15) is 37.0 Å². The minimum absolute atomic E-state index is 0.106. The highest BCUT2D eigenvalue weighted by Crippen LogP contribution is 2.36. The Morgan fingerprint density at radius 1 is 1.30 bits per heavy atom. The standard InChI is InChI=1S/C14H18BrNO3S/c15-11-5-4-10(20-11)8-12(17)16-9-14(13(18)19)6-2-1-3-7-14/h4-5H,1-3,6-9H2,(H,16,17)(H,18,19). The number of hydrogen-bond donors (Lipinski definition) is 2. The number of amides is 1. The Morgan fingerprint density at radius 3 is 2.55 bits per heavy atom. The molecule has 0 spiro atoms. The lowest BCUT2D eigenvalue weighted by atomic mass is 9.74. The molecule has 0 atom stereocenters. The second-order valence-electron chi connectivity index (χ2n) is 5.31. The third-order valence-corrected chi connectivity index (χ3v) is 5.48. The molecule has 0 aliphatic heterocycles. The number of rotatable bonds is 5. The lowest BCUT2D eigenvalue weighted by molar-refractivity contribution is -0.151. The number of carbonyl (C=O) groups is 2. The van der Waals surface area contributed by atoms with Crippen molar-refractivity contribution in [2.45, 2.75) is 38.5 Å². The van der Waals surface area contributed by atoms with E-state index in [-0.39, 0.29) is 12.5 Å². The van der Waals surface area contributed by atoms with E-state index in [4.69, 9.17) is 0 Å². The molecule has 0 radical (unpaired) electrons. The van der Waals surface area contributed by atoms with Crippen LogP contribution in [0.3, 0.4) is 0 Å². The van der Waals surface area contributed by atoms with Gasteiger partial charge in [0.2, 0.25) is 5.91 Å². The van der Waals surface area contributed by atoms with E-state index in [9.17, 15) is 14.7 Å². The molecule has 110 valence electrons. The van der Waals surface area contributed by atoms with Crippen molar-refractivity contribution in [1.29, 1.82) is 0 Å². The summed E-state index contributed by atoms with van der Waals surface area (Å²) in [5.74, 6) is -0.887. The van der Waals surface area contributed by atoms with Crippen LogP contribution in [-0.4, -0.2) is 23.5 Å². The molecule has 20 heavy (non-hydrogen) atoms. The smallest absolute Gasteiger partial charge is 0.311 e. The van der Waals surface area contributed by atoms with E-state index in [0.29, 0.717) is 19.3 Å². The number of thiophene rings is 1. The van der Waals surface area contributed by atoms with E-state index in [1.807, 2.05) is 12.1 Å². The molecule has 0 aromatic carbocycles. The summed E-state index contributed by atoms with van der Waals surface area (Å²) in [4.78, 5) is 24.4. The molecule has 1 saturated carbocycles. The Hall–Kier alpha value is -0.880. The van der Waals surface area contributed by atoms with Gasteiger partial charge < -0.3 is 10.4 Å². The van der Waals surface area contributed by atoms with E-state index in [1.165, 1.54) is 11.3 Å². The van der Waals surface area contributed by atoms with Gasteiger partial charge in [0.15, 0.2) is 0 Å². The molecule has 0 saturated heterocycles. The average molecular weight is 360 g/mol. The van der Waals surface area contributed by atoms with Crippen molar-refractivity contribution >= 4 is 39.1 Å². The normalized spacial score (nSPS) is 17.6. The third-order valence-electron chi connectivity index (χ3n) is 3.85. The van der Waals surface area contributed by atoms with Gasteiger partial charge in [-0.1, -0.05) is 19.3 Å². The van der Waals surface area contributed by atoms with Gasteiger partial charge >= 0.3 is 5.97 Å². The minimum atomic E-state index is -0.781. The lowest BCUT2D eigenvalue weighted by Gasteiger charge is -2.33. The number of carbonyl (C=O) groups excluding carboxylic acids is 1. The maximum atomic E-state index is 11.9. The van der Waals surface area contributed by atoms with Crippen LogP contribution in [-0.2, 0) is 16.0 Å². The average Bonchev–Trinajstić information content (AvgIpc) is 2.83. The summed E-state index contributed by atoms with van der Waals surface area (Å²) in [6.45, 7) is 0.244. The van der Waals surface area contributed by atoms with Crippen LogP contribution in [0.25, 0.3) is 0 Å². The highest BCUT2D eigenvalue weighted by molar-refractivity contribution is 9.11. The van der Waals surface area contributed by atoms with Gasteiger partial charge in [-0.2, -0.15) is 0 Å². The molecule has 1 aromatic rings. The number of hydrogen-bond acceptors (Lipinski definition) is 3. The summed E-state index contributed by atoms with van der Waals surface area (Å²) in [5, 5.41) is 12.2. The summed E-state index contributed by atoms with van der Waals surface area (Å²) in [7, 11) is 0. The molecule has 6 heteroatoms. The van der Waals surface area contributed by atoms with Crippen molar-refractivity contribution in [3.05, 3.63) is 20.8 Å². The molecule has 1 amide bonds. The second kappa shape index (κ2) is 6.72. The van der Waals surface area contributed by atoms with Crippen molar-refractivity contribution in [2.24, 2.45) is 5.41 Å². The Labute approximate surface area is 130 Å². The molecule has 0 bridgehead atoms. The summed E-state index contributed by atoms with van der Waals surface area (Å²) in [6.07, 6.45) is 4.58. The quantitative estimate of drug-likeness (QED) is 0.848. The fraction of sp³-hybridized carbons (Fsp3) is 0.571. The van der Waals surface area contributed by atoms with Gasteiger partial charge in [-0.15, -0.1) is 11.3 Å². The van der Waals surface area contributed by atoms with E-state index in [2.05, 4.69) is 21.2 Å². The molecular weight excluding hydrogens is 342 g/mol. The van der Waals surface area contributed by atoms with Gasteiger partial charge in [0.1, 0.15) is 0 Å². The molecule has 0 unspecified atom stereocenters. The van der Waals surface area contributed by atoms with Crippen molar-refractivity contribution < 1.29 is 14.7 Å². The molecule has 1 heterocycles. The number of nitrogens with one attached hydrogen (secondary N) is 1. The first-order valence-electron chi connectivity index (χ1n) is 6.76. The molecule has 1 fully saturated rings. The lowest BCUT2D eigenvalue weighted by Crippen LogP contribution is -2.44. The van der Waals surface area contributed by atoms with Gasteiger partial charge in [-0.25, -0.2) is 0 Å². The SMILES string of the molecule is O=C(Cc1ccc(Br)s1)NCC1(C(=O)O)CCCCC1. The molecule has 1 aliphatic carbocycles. The largest absolute Gasteiger partial charge is 0.481 e. The Morgan fingerprint density at radius 2 is 2.00 bits per heavy atom. The number of carboxylic acids is 1. The van der Waals surface area contributed by atoms with E-state index >= 15 is 0 Å². The van der Waals surface area contributed by atoms with Crippen molar-refractivity contribution in [3.8, 4) is 0 Å². The zero-order chi connectivity index (χ0) is 14.6. The maximum Gasteiger partial charge on any atom is 0.311 e. The second-order valence-corrected chi connectivity index (χ2v) is 7.85. The van der Waals surface area contributed by atoms with Gasteiger partial charge in [0, 0.05) is 11.4 Å². The van der Waals surface area contributed by atoms with Crippen LogP contribution in [0.5, 0.6) is 0 Å². The zero-order valence-corrected chi connectivity index (χ0v) is 13.6. The van der Waals surface area contributed by atoms with Crippen LogP contribution in [0.15, 0.2) is 15.9 Å². The van der Waals surface area contributed by atoms with Gasteiger partial charge in [-0.3, -0.25) is 9.59 Å². The van der Waals surface area contributed by atoms with Gasteiger partial charge in [0.25, 0.3) is 0 Å². The van der Waals surface area contributed by atoms with Crippen molar-refractivity contribution in [2.75, 3.05) is 6.54 Å². The van der Waals surface area contributed by atoms with Crippen LogP contribution >= 0.6 is 27.3 Å². The summed E-state index contributed by atoms with van der Waals surface area (Å²) in [5.41, 5.74) is -0.760. The van der Waals surface area contributed by atoms with E-state index in [1.54, 1.807) is 0 Å². The van der Waals surface area contributed by atoms with Crippen LogP contribution in [0.4, 0.5) is 0 Å². The van der Waals surface area contributed by atoms with Crippen LogP contribution in [0, 0.1) is 5.41 Å². The highest BCUT2D eigenvalue weighted by atomic mass is 79.9. The molecule has 1 aliphatic rings. The Bertz CT molecular complexity index is 494. The first kappa shape index (κ1) is 15.5. The van der Waals surface area contributed by atoms with Gasteiger partial charge in [-0.05, 0) is 40.9 Å². The molecule has 2 N–H and O–H groups in total. The zero-order valence-electron chi connectivity index (χ0n) is 11.2. The summed E-state index contributed by atoms with van der Waals surface area (Å²) < 4.78 is 0.995. The monoisotopic (exact) mass is 359 g/mol. The van der Waals surface area contributed by atoms with Crippen molar-refractivity contribution in [3.63, 3.8) is 0 Å². The predicted octanol–water partition coefficient (Wildman–Crippen LogP) is 3.20. The van der Waals surface area contributed by atoms with Gasteiger partial charge in [0.05, 0.1) is 15.6 Å². The number of halogens is 1. The summed E-state index contributed by atoms with van der Waals surface area (Å²) >= 11 is 4.88.